The van der Waals surface area contributed by atoms with Crippen molar-refractivity contribution in [2.24, 2.45) is 4.99 Å². The van der Waals surface area contributed by atoms with Crippen molar-refractivity contribution >= 4 is 12.3 Å². The summed E-state index contributed by atoms with van der Waals surface area (Å²) in [5, 5.41) is 19.3. The molecule has 0 amide bonds. The fraction of sp³-hybridized carbons (Fsp3) is 0.737. The van der Waals surface area contributed by atoms with E-state index in [0.717, 1.165) is 38.8 Å². The van der Waals surface area contributed by atoms with E-state index in [1.54, 1.807) is 24.0 Å². The normalized spacial score (nSPS) is 22.6. The molecule has 0 unspecified atom stereocenters. The van der Waals surface area contributed by atoms with E-state index in [9.17, 15) is 15.0 Å². The topological polar surface area (TPSA) is 100 Å². The van der Waals surface area contributed by atoms with E-state index in [0.29, 0.717) is 12.0 Å². The highest BCUT2D eigenvalue weighted by Gasteiger charge is 2.35. The highest BCUT2D eigenvalue weighted by atomic mass is 16.5. The van der Waals surface area contributed by atoms with E-state index < -0.39 is 18.4 Å². The summed E-state index contributed by atoms with van der Waals surface area (Å²) in [6.45, 7) is 7.53. The van der Waals surface area contributed by atoms with Gasteiger partial charge in [0.2, 0.25) is 5.95 Å². The predicted molar refractivity (Wildman–Crippen MR) is 104 cm³/mol. The fourth-order valence-electron chi connectivity index (χ4n) is 3.00. The van der Waals surface area contributed by atoms with Crippen molar-refractivity contribution in [1.82, 2.24) is 14.5 Å². The smallest absolute Gasteiger partial charge is 0.277 e. The third kappa shape index (κ3) is 5.85. The van der Waals surface area contributed by atoms with Gasteiger partial charge < -0.3 is 19.8 Å². The molecular formula is C19H32N4O4. The van der Waals surface area contributed by atoms with E-state index in [1.807, 2.05) is 0 Å². The van der Waals surface area contributed by atoms with Crippen molar-refractivity contribution in [1.29, 1.82) is 0 Å². The van der Waals surface area contributed by atoms with Crippen LogP contribution in [-0.4, -0.2) is 62.9 Å². The van der Waals surface area contributed by atoms with Gasteiger partial charge in [0.15, 0.2) is 0 Å². The van der Waals surface area contributed by atoms with Crippen LogP contribution in [-0.2, 0) is 4.74 Å². The molecule has 8 heteroatoms. The second-order valence-corrected chi connectivity index (χ2v) is 7.04. The number of hydrogen-bond acceptors (Lipinski definition) is 6. The first kappa shape index (κ1) is 21.5. The number of unbranched alkanes of at least 4 members (excludes halogenated alkanes) is 2. The van der Waals surface area contributed by atoms with Crippen LogP contribution in [0.4, 0.5) is 5.95 Å². The van der Waals surface area contributed by atoms with Gasteiger partial charge in [-0.15, -0.1) is 0 Å². The van der Waals surface area contributed by atoms with E-state index in [4.69, 9.17) is 4.74 Å². The van der Waals surface area contributed by atoms with Gasteiger partial charge >= 0.3 is 0 Å². The Morgan fingerprint density at radius 2 is 2.04 bits per heavy atom. The minimum Gasteiger partial charge on any atom is -0.394 e. The molecule has 0 radical (unpaired) electrons. The summed E-state index contributed by atoms with van der Waals surface area (Å²) in [5.41, 5.74) is 0.151. The van der Waals surface area contributed by atoms with Gasteiger partial charge in [-0.3, -0.25) is 9.36 Å². The Labute approximate surface area is 160 Å². The Morgan fingerprint density at radius 3 is 2.59 bits per heavy atom. The molecule has 8 nitrogen and oxygen atoms in total. The minimum absolute atomic E-state index is 0.249. The van der Waals surface area contributed by atoms with Crippen molar-refractivity contribution in [3.05, 3.63) is 22.1 Å². The van der Waals surface area contributed by atoms with Crippen LogP contribution in [0, 0.1) is 6.92 Å². The van der Waals surface area contributed by atoms with Crippen LogP contribution >= 0.6 is 0 Å². The van der Waals surface area contributed by atoms with Gasteiger partial charge in [0.1, 0.15) is 12.3 Å². The van der Waals surface area contributed by atoms with Crippen LogP contribution in [0.1, 0.15) is 57.7 Å². The monoisotopic (exact) mass is 380 g/mol. The number of aryl methyl sites for hydroxylation is 1. The van der Waals surface area contributed by atoms with Gasteiger partial charge in [-0.1, -0.05) is 26.7 Å². The maximum atomic E-state index is 12.0. The summed E-state index contributed by atoms with van der Waals surface area (Å²) in [6.07, 6.45) is 6.12. The first-order chi connectivity index (χ1) is 13.0. The molecule has 152 valence electrons. The number of aliphatic hydroxyl groups excluding tert-OH is 2. The Bertz CT molecular complexity index is 668. The maximum Gasteiger partial charge on any atom is 0.277 e. The van der Waals surface area contributed by atoms with Crippen LogP contribution in [0.2, 0.25) is 0 Å². The predicted octanol–water partition coefficient (Wildman–Crippen LogP) is 1.75. The first-order valence-corrected chi connectivity index (χ1v) is 9.82. The molecule has 1 aromatic rings. The molecule has 1 saturated heterocycles. The van der Waals surface area contributed by atoms with Crippen LogP contribution in [0.25, 0.3) is 0 Å². The second-order valence-electron chi connectivity index (χ2n) is 7.04. The zero-order valence-electron chi connectivity index (χ0n) is 16.5. The van der Waals surface area contributed by atoms with E-state index in [1.165, 1.54) is 0 Å². The molecule has 1 aliphatic rings. The standard InChI is InChI=1S/C19H32N4O4/c1-4-6-8-22(9-7-5-2)13-20-19-21-18(26)14(3)11-23(19)17-10-15(25)16(12-24)27-17/h11,13,15-17,24-25H,4-10,12H2,1-3H3/b20-13+/t15-,16+,17+/m0/s1. The number of nitrogens with zero attached hydrogens (tertiary/aromatic N) is 4. The number of aliphatic imine (C=N–C) groups is 1. The molecule has 0 bridgehead atoms. The molecule has 0 spiro atoms. The molecule has 1 aliphatic heterocycles. The number of aliphatic hydroxyl groups is 2. The number of aromatic nitrogens is 2. The van der Waals surface area contributed by atoms with Crippen molar-refractivity contribution < 1.29 is 14.9 Å². The molecule has 1 aromatic heterocycles. The molecule has 1 fully saturated rings. The number of hydrogen-bond donors (Lipinski definition) is 2. The van der Waals surface area contributed by atoms with Gasteiger partial charge in [0, 0.05) is 31.3 Å². The van der Waals surface area contributed by atoms with E-state index in [-0.39, 0.29) is 18.1 Å². The maximum absolute atomic E-state index is 12.0. The van der Waals surface area contributed by atoms with Crippen molar-refractivity contribution in [2.75, 3.05) is 19.7 Å². The summed E-state index contributed by atoms with van der Waals surface area (Å²) in [4.78, 5) is 22.7. The lowest BCUT2D eigenvalue weighted by Gasteiger charge is -2.20. The molecule has 0 aromatic carbocycles. The summed E-state index contributed by atoms with van der Waals surface area (Å²) in [7, 11) is 0. The van der Waals surface area contributed by atoms with Crippen molar-refractivity contribution in [3.63, 3.8) is 0 Å². The Hall–Kier alpha value is -1.77. The van der Waals surface area contributed by atoms with Crippen LogP contribution in [0.3, 0.4) is 0 Å². The molecular weight excluding hydrogens is 348 g/mol. The van der Waals surface area contributed by atoms with Crippen LogP contribution < -0.4 is 5.56 Å². The highest BCUT2D eigenvalue weighted by Crippen LogP contribution is 2.30. The van der Waals surface area contributed by atoms with Crippen LogP contribution in [0.15, 0.2) is 16.0 Å². The van der Waals surface area contributed by atoms with E-state index in [2.05, 4.69) is 28.7 Å². The first-order valence-electron chi connectivity index (χ1n) is 9.82. The van der Waals surface area contributed by atoms with Gasteiger partial charge in [-0.05, 0) is 19.8 Å². The van der Waals surface area contributed by atoms with E-state index >= 15 is 0 Å². The lowest BCUT2D eigenvalue weighted by molar-refractivity contribution is -0.0442. The highest BCUT2D eigenvalue weighted by molar-refractivity contribution is 5.58. The molecule has 27 heavy (non-hydrogen) atoms. The molecule has 2 N–H and O–H groups in total. The molecule has 2 heterocycles. The molecule has 3 atom stereocenters. The van der Waals surface area contributed by atoms with Gasteiger partial charge in [0.25, 0.3) is 5.56 Å². The average molecular weight is 380 g/mol. The lowest BCUT2D eigenvalue weighted by Crippen LogP contribution is -2.25. The zero-order valence-corrected chi connectivity index (χ0v) is 16.5. The Morgan fingerprint density at radius 1 is 1.37 bits per heavy atom. The van der Waals surface area contributed by atoms with Crippen molar-refractivity contribution in [3.8, 4) is 0 Å². The Kier molecular flexibility index (Phi) is 8.40. The SMILES string of the molecule is CCCCN(/C=N/c1nc(=O)c(C)cn1[C@H]1C[C@H](O)[C@@H](CO)O1)CCCC. The summed E-state index contributed by atoms with van der Waals surface area (Å²) >= 11 is 0. The quantitative estimate of drug-likeness (QED) is 0.474. The fourth-order valence-corrected chi connectivity index (χ4v) is 3.00. The average Bonchev–Trinajstić information content (AvgIpc) is 3.04. The molecule has 0 saturated carbocycles. The summed E-state index contributed by atoms with van der Waals surface area (Å²) < 4.78 is 7.39. The summed E-state index contributed by atoms with van der Waals surface area (Å²) in [5.74, 6) is 0.249. The van der Waals surface area contributed by atoms with Gasteiger partial charge in [-0.25, -0.2) is 4.99 Å². The number of rotatable bonds is 10. The van der Waals surface area contributed by atoms with Crippen molar-refractivity contribution in [2.45, 2.75) is 71.3 Å². The zero-order chi connectivity index (χ0) is 19.8. The number of ether oxygens (including phenoxy) is 1. The second kappa shape index (κ2) is 10.5. The van der Waals surface area contributed by atoms with Gasteiger partial charge in [-0.2, -0.15) is 4.98 Å². The Balaban J connectivity index is 2.26. The molecule has 0 aliphatic carbocycles. The molecule has 2 rings (SSSR count). The van der Waals surface area contributed by atoms with Crippen LogP contribution in [0.5, 0.6) is 0 Å². The minimum atomic E-state index is -0.762. The van der Waals surface area contributed by atoms with Gasteiger partial charge in [0.05, 0.1) is 19.0 Å². The largest absolute Gasteiger partial charge is 0.394 e. The third-order valence-electron chi connectivity index (χ3n) is 4.73. The summed E-state index contributed by atoms with van der Waals surface area (Å²) in [6, 6.07) is 0. The lowest BCUT2D eigenvalue weighted by atomic mass is 10.2. The third-order valence-corrected chi connectivity index (χ3v) is 4.73.